The summed E-state index contributed by atoms with van der Waals surface area (Å²) in [5.74, 6) is -2.72. The number of carbonyl (C=O) groups is 3. The number of halogens is 2. The summed E-state index contributed by atoms with van der Waals surface area (Å²) in [4.78, 5) is 34.7. The second-order valence-corrected chi connectivity index (χ2v) is 5.79. The van der Waals surface area contributed by atoms with Gasteiger partial charge in [0.25, 0.3) is 0 Å². The van der Waals surface area contributed by atoms with E-state index in [0.717, 1.165) is 12.1 Å². The minimum atomic E-state index is -0.852. The molecule has 1 fully saturated rings. The maximum Gasteiger partial charge on any atom is 0.244 e. The molecule has 2 rings (SSSR count). The highest BCUT2D eigenvalue weighted by Gasteiger charge is 2.40. The molecule has 124 valence electrons. The number of amides is 3. The van der Waals surface area contributed by atoms with Crippen LogP contribution in [0.4, 0.5) is 8.78 Å². The van der Waals surface area contributed by atoms with E-state index in [9.17, 15) is 23.2 Å². The number of β-lactam (4-membered cyclic amide) rings is 1. The Bertz CT molecular complexity index is 635. The van der Waals surface area contributed by atoms with Gasteiger partial charge in [0.2, 0.25) is 17.7 Å². The smallest absolute Gasteiger partial charge is 0.244 e. The van der Waals surface area contributed by atoms with Crippen molar-refractivity contribution in [2.24, 2.45) is 0 Å². The van der Waals surface area contributed by atoms with E-state index in [0.29, 0.717) is 6.07 Å². The van der Waals surface area contributed by atoms with Crippen molar-refractivity contribution in [3.8, 4) is 0 Å². The third kappa shape index (κ3) is 4.48. The molecule has 0 spiro atoms. The second-order valence-electron chi connectivity index (χ2n) is 5.79. The average Bonchev–Trinajstić information content (AvgIpc) is 2.34. The van der Waals surface area contributed by atoms with E-state index in [1.165, 1.54) is 6.92 Å². The molecule has 1 aromatic rings. The van der Waals surface area contributed by atoms with Crippen molar-refractivity contribution >= 4 is 17.7 Å². The summed E-state index contributed by atoms with van der Waals surface area (Å²) in [6.45, 7) is 3.12. The van der Waals surface area contributed by atoms with Crippen LogP contribution < -0.4 is 16.0 Å². The molecule has 6 nitrogen and oxygen atoms in total. The largest absolute Gasteiger partial charge is 0.344 e. The summed E-state index contributed by atoms with van der Waals surface area (Å²) >= 11 is 0. The van der Waals surface area contributed by atoms with E-state index in [2.05, 4.69) is 16.0 Å². The number of hydrogen-bond donors (Lipinski definition) is 3. The minimum Gasteiger partial charge on any atom is -0.344 e. The van der Waals surface area contributed by atoms with Gasteiger partial charge in [-0.05, 0) is 31.5 Å². The molecule has 1 heterocycles. The van der Waals surface area contributed by atoms with E-state index in [4.69, 9.17) is 0 Å². The monoisotopic (exact) mass is 325 g/mol. The summed E-state index contributed by atoms with van der Waals surface area (Å²) in [6.07, 6.45) is -0.0811. The van der Waals surface area contributed by atoms with Gasteiger partial charge in [-0.2, -0.15) is 0 Å². The Balaban J connectivity index is 1.86. The molecule has 0 aliphatic carbocycles. The Morgan fingerprint density at radius 1 is 1.30 bits per heavy atom. The molecular formula is C15H17F2N3O3. The van der Waals surface area contributed by atoms with Crippen LogP contribution >= 0.6 is 0 Å². The number of hydrogen-bond acceptors (Lipinski definition) is 3. The van der Waals surface area contributed by atoms with Crippen LogP contribution in [0.1, 0.15) is 25.8 Å². The van der Waals surface area contributed by atoms with Gasteiger partial charge in [0, 0.05) is 6.07 Å². The maximum absolute atomic E-state index is 13.1. The Morgan fingerprint density at radius 3 is 2.39 bits per heavy atom. The highest BCUT2D eigenvalue weighted by molar-refractivity contribution is 5.91. The second kappa shape index (κ2) is 6.31. The summed E-state index contributed by atoms with van der Waals surface area (Å²) < 4.78 is 26.1. The van der Waals surface area contributed by atoms with Crippen molar-refractivity contribution in [2.75, 3.05) is 0 Å². The van der Waals surface area contributed by atoms with Crippen LogP contribution in [0, 0.1) is 11.6 Å². The lowest BCUT2D eigenvalue weighted by Gasteiger charge is -2.40. The number of rotatable bonds is 5. The molecule has 1 saturated heterocycles. The Labute approximate surface area is 131 Å². The third-order valence-corrected chi connectivity index (χ3v) is 3.39. The zero-order valence-electron chi connectivity index (χ0n) is 12.7. The summed E-state index contributed by atoms with van der Waals surface area (Å²) in [5.41, 5.74) is -0.635. The van der Waals surface area contributed by atoms with Crippen molar-refractivity contribution in [3.63, 3.8) is 0 Å². The fourth-order valence-corrected chi connectivity index (χ4v) is 2.32. The van der Waals surface area contributed by atoms with E-state index < -0.39 is 35.2 Å². The molecule has 3 N–H and O–H groups in total. The molecule has 0 radical (unpaired) electrons. The van der Waals surface area contributed by atoms with E-state index >= 15 is 0 Å². The lowest BCUT2D eigenvalue weighted by atomic mass is 9.99. The number of carbonyl (C=O) groups excluding carboxylic acids is 3. The maximum atomic E-state index is 13.1. The molecule has 0 saturated carbocycles. The Kier molecular flexibility index (Phi) is 4.63. The van der Waals surface area contributed by atoms with Crippen LogP contribution in [0.15, 0.2) is 18.2 Å². The molecular weight excluding hydrogens is 308 g/mol. The molecule has 2 atom stereocenters. The first kappa shape index (κ1) is 16.9. The predicted molar refractivity (Wildman–Crippen MR) is 77.0 cm³/mol. The zero-order chi connectivity index (χ0) is 17.2. The van der Waals surface area contributed by atoms with Crippen LogP contribution in [0.3, 0.4) is 0 Å². The molecule has 1 aromatic carbocycles. The highest BCUT2D eigenvalue weighted by atomic mass is 19.1. The van der Waals surface area contributed by atoms with Gasteiger partial charge >= 0.3 is 0 Å². The van der Waals surface area contributed by atoms with Gasteiger partial charge in [-0.25, -0.2) is 8.78 Å². The van der Waals surface area contributed by atoms with Crippen LogP contribution in [0.5, 0.6) is 0 Å². The SMILES string of the molecule is C[C@H](NC(=O)Cc1cc(F)cc(F)c1)C(=O)NC1(C)CC(=O)N1. The fraction of sp³-hybridized carbons (Fsp3) is 0.400. The normalized spacial score (nSPS) is 21.0. The molecule has 8 heteroatoms. The van der Waals surface area contributed by atoms with E-state index in [1.54, 1.807) is 6.92 Å². The van der Waals surface area contributed by atoms with Gasteiger partial charge in [-0.1, -0.05) is 0 Å². The van der Waals surface area contributed by atoms with Gasteiger partial charge in [-0.3, -0.25) is 14.4 Å². The molecule has 1 unspecified atom stereocenters. The molecule has 1 aliphatic rings. The van der Waals surface area contributed by atoms with Crippen molar-refractivity contribution in [1.29, 1.82) is 0 Å². The average molecular weight is 325 g/mol. The molecule has 0 aromatic heterocycles. The van der Waals surface area contributed by atoms with E-state index in [1.807, 2.05) is 0 Å². The minimum absolute atomic E-state index is 0.169. The fourth-order valence-electron chi connectivity index (χ4n) is 2.32. The lowest BCUT2D eigenvalue weighted by Crippen LogP contribution is -2.70. The topological polar surface area (TPSA) is 87.3 Å². The van der Waals surface area contributed by atoms with Gasteiger partial charge in [0.1, 0.15) is 23.3 Å². The van der Waals surface area contributed by atoms with Gasteiger partial charge in [0.05, 0.1) is 12.8 Å². The van der Waals surface area contributed by atoms with Crippen molar-refractivity contribution in [1.82, 2.24) is 16.0 Å². The molecule has 0 bridgehead atoms. The number of nitrogens with one attached hydrogen (secondary N) is 3. The standard InChI is InChI=1S/C15H17F2N3O3/c1-8(14(23)20-15(2)7-13(22)19-15)18-12(21)5-9-3-10(16)6-11(17)4-9/h3-4,6,8H,5,7H2,1-2H3,(H,18,21)(H,19,22)(H,20,23)/t8-,15?/m0/s1. The first-order chi connectivity index (χ1) is 10.7. The van der Waals surface area contributed by atoms with Crippen molar-refractivity contribution in [3.05, 3.63) is 35.4 Å². The molecule has 23 heavy (non-hydrogen) atoms. The van der Waals surface area contributed by atoms with Crippen LogP contribution in [-0.4, -0.2) is 29.4 Å². The van der Waals surface area contributed by atoms with Crippen molar-refractivity contribution in [2.45, 2.75) is 38.4 Å². The van der Waals surface area contributed by atoms with Crippen LogP contribution in [0.25, 0.3) is 0 Å². The van der Waals surface area contributed by atoms with Crippen LogP contribution in [0.2, 0.25) is 0 Å². The van der Waals surface area contributed by atoms with Gasteiger partial charge in [0.15, 0.2) is 0 Å². The number of benzene rings is 1. The Morgan fingerprint density at radius 2 is 1.87 bits per heavy atom. The van der Waals surface area contributed by atoms with Crippen LogP contribution in [-0.2, 0) is 20.8 Å². The third-order valence-electron chi connectivity index (χ3n) is 3.39. The first-order valence-electron chi connectivity index (χ1n) is 7.04. The quantitative estimate of drug-likeness (QED) is 0.683. The summed E-state index contributed by atoms with van der Waals surface area (Å²) in [6, 6.07) is 1.97. The highest BCUT2D eigenvalue weighted by Crippen LogP contribution is 2.15. The molecule has 3 amide bonds. The lowest BCUT2D eigenvalue weighted by molar-refractivity contribution is -0.138. The summed E-state index contributed by atoms with van der Waals surface area (Å²) in [7, 11) is 0. The van der Waals surface area contributed by atoms with E-state index in [-0.39, 0.29) is 24.3 Å². The van der Waals surface area contributed by atoms with Crippen molar-refractivity contribution < 1.29 is 23.2 Å². The Hall–Kier alpha value is -2.51. The predicted octanol–water partition coefficient (Wildman–Crippen LogP) is 0.364. The van der Waals surface area contributed by atoms with Gasteiger partial charge < -0.3 is 16.0 Å². The van der Waals surface area contributed by atoms with Gasteiger partial charge in [-0.15, -0.1) is 0 Å². The first-order valence-corrected chi connectivity index (χ1v) is 7.04. The molecule has 1 aliphatic heterocycles. The zero-order valence-corrected chi connectivity index (χ0v) is 12.7. The summed E-state index contributed by atoms with van der Waals surface area (Å²) in [5, 5.41) is 7.59.